The number of aliphatic carboxylic acids is 1. The second kappa shape index (κ2) is 4.65. The highest BCUT2D eigenvalue weighted by Gasteiger charge is 2.17. The summed E-state index contributed by atoms with van der Waals surface area (Å²) in [7, 11) is -3.53. The van der Waals surface area contributed by atoms with E-state index in [0.29, 0.717) is 5.56 Å². The van der Waals surface area contributed by atoms with Gasteiger partial charge in [-0.1, -0.05) is 12.1 Å². The van der Waals surface area contributed by atoms with Crippen molar-refractivity contribution in [2.75, 3.05) is 5.75 Å². The van der Waals surface area contributed by atoms with E-state index in [1.807, 2.05) is 13.0 Å². The van der Waals surface area contributed by atoms with Crippen LogP contribution in [0.25, 0.3) is 0 Å². The molecular formula is C11H13O4S-. The monoisotopic (exact) mass is 241 g/mol. The van der Waals surface area contributed by atoms with Crippen LogP contribution in [-0.4, -0.2) is 20.1 Å². The predicted octanol–water partition coefficient (Wildman–Crippen LogP) is 0.217. The lowest BCUT2D eigenvalue weighted by atomic mass is 10.1. The zero-order valence-corrected chi connectivity index (χ0v) is 10.0. The van der Waals surface area contributed by atoms with Crippen molar-refractivity contribution in [3.05, 3.63) is 29.3 Å². The fourth-order valence-electron chi connectivity index (χ4n) is 1.39. The molecule has 0 atom stereocenters. The molecule has 0 radical (unpaired) electrons. The topological polar surface area (TPSA) is 74.3 Å². The number of hydrogen-bond donors (Lipinski definition) is 0. The minimum atomic E-state index is -3.53. The molecule has 0 saturated heterocycles. The van der Waals surface area contributed by atoms with Gasteiger partial charge >= 0.3 is 0 Å². The number of carboxylic acid groups (broad SMARTS) is 1. The van der Waals surface area contributed by atoms with E-state index in [9.17, 15) is 18.3 Å². The fourth-order valence-corrected chi connectivity index (χ4v) is 2.96. The number of sulfone groups is 1. The maximum atomic E-state index is 11.8. The summed E-state index contributed by atoms with van der Waals surface area (Å²) in [5.74, 6) is -1.77. The smallest absolute Gasteiger partial charge is 0.179 e. The summed E-state index contributed by atoms with van der Waals surface area (Å²) in [6, 6.07) is 4.95. The molecule has 0 aromatic heterocycles. The van der Waals surface area contributed by atoms with E-state index in [-0.39, 0.29) is 4.90 Å². The van der Waals surface area contributed by atoms with Crippen LogP contribution in [0.2, 0.25) is 0 Å². The molecule has 5 heteroatoms. The number of carbonyl (C=O) groups is 1. The van der Waals surface area contributed by atoms with Crippen LogP contribution in [0.1, 0.15) is 17.5 Å². The third-order valence-corrected chi connectivity index (χ3v) is 4.32. The summed E-state index contributed by atoms with van der Waals surface area (Å²) in [5, 5.41) is 10.3. The molecule has 0 amide bonds. The van der Waals surface area contributed by atoms with E-state index in [4.69, 9.17) is 0 Å². The highest BCUT2D eigenvalue weighted by molar-refractivity contribution is 7.91. The molecule has 0 saturated carbocycles. The first-order chi connectivity index (χ1) is 7.34. The molecule has 0 N–H and O–H groups in total. The lowest BCUT2D eigenvalue weighted by Crippen LogP contribution is -2.25. The average Bonchev–Trinajstić information content (AvgIpc) is 2.19. The van der Waals surface area contributed by atoms with Crippen LogP contribution in [0.5, 0.6) is 0 Å². The zero-order chi connectivity index (χ0) is 12.3. The number of hydrogen-bond acceptors (Lipinski definition) is 4. The van der Waals surface area contributed by atoms with E-state index in [0.717, 1.165) is 5.56 Å². The van der Waals surface area contributed by atoms with Gasteiger partial charge in [-0.3, -0.25) is 0 Å². The Morgan fingerprint density at radius 2 is 1.94 bits per heavy atom. The second-order valence-corrected chi connectivity index (χ2v) is 5.72. The van der Waals surface area contributed by atoms with Crippen LogP contribution in [0, 0.1) is 13.8 Å². The molecule has 1 rings (SSSR count). The van der Waals surface area contributed by atoms with E-state index < -0.39 is 28.0 Å². The van der Waals surface area contributed by atoms with E-state index in [1.165, 1.54) is 6.07 Å². The molecule has 4 nitrogen and oxygen atoms in total. The van der Waals surface area contributed by atoms with Gasteiger partial charge in [-0.15, -0.1) is 0 Å². The molecule has 0 fully saturated rings. The Hall–Kier alpha value is -1.36. The molecule has 0 unspecified atom stereocenters. The summed E-state index contributed by atoms with van der Waals surface area (Å²) in [4.78, 5) is 10.5. The standard InChI is InChI=1S/C11H14O4S/c1-8-4-3-5-10(9(8)2)16(14,15)7-6-11(12)13/h3-5H,6-7H2,1-2H3,(H,12,13)/p-1. The van der Waals surface area contributed by atoms with Crippen molar-refractivity contribution in [3.8, 4) is 0 Å². The average molecular weight is 241 g/mol. The van der Waals surface area contributed by atoms with Crippen molar-refractivity contribution in [2.24, 2.45) is 0 Å². The minimum Gasteiger partial charge on any atom is -0.550 e. The van der Waals surface area contributed by atoms with Crippen molar-refractivity contribution < 1.29 is 18.3 Å². The van der Waals surface area contributed by atoms with E-state index in [1.54, 1.807) is 13.0 Å². The van der Waals surface area contributed by atoms with E-state index >= 15 is 0 Å². The Balaban J connectivity index is 3.08. The van der Waals surface area contributed by atoms with Gasteiger partial charge in [-0.25, -0.2) is 8.42 Å². The molecule has 0 aliphatic heterocycles. The lowest BCUT2D eigenvalue weighted by Gasteiger charge is -2.09. The lowest BCUT2D eigenvalue weighted by molar-refractivity contribution is -0.305. The highest BCUT2D eigenvalue weighted by Crippen LogP contribution is 2.19. The fraction of sp³-hybridized carbons (Fsp3) is 0.364. The molecule has 16 heavy (non-hydrogen) atoms. The van der Waals surface area contributed by atoms with Crippen LogP contribution in [0.4, 0.5) is 0 Å². The number of carbonyl (C=O) groups excluding carboxylic acids is 1. The van der Waals surface area contributed by atoms with Gasteiger partial charge in [0.25, 0.3) is 0 Å². The van der Waals surface area contributed by atoms with Gasteiger partial charge in [0.15, 0.2) is 9.84 Å². The Morgan fingerprint density at radius 3 is 2.50 bits per heavy atom. The predicted molar refractivity (Wildman–Crippen MR) is 57.6 cm³/mol. The summed E-state index contributed by atoms with van der Waals surface area (Å²) < 4.78 is 23.6. The summed E-state index contributed by atoms with van der Waals surface area (Å²) in [6.45, 7) is 3.52. The first kappa shape index (κ1) is 12.7. The van der Waals surface area contributed by atoms with Crippen LogP contribution < -0.4 is 5.11 Å². The van der Waals surface area contributed by atoms with Gasteiger partial charge in [-0.05, 0) is 31.0 Å². The van der Waals surface area contributed by atoms with E-state index in [2.05, 4.69) is 0 Å². The number of carboxylic acids is 1. The maximum Gasteiger partial charge on any atom is 0.179 e. The van der Waals surface area contributed by atoms with Crippen molar-refractivity contribution in [3.63, 3.8) is 0 Å². The summed E-state index contributed by atoms with van der Waals surface area (Å²) in [6.07, 6.45) is -0.476. The summed E-state index contributed by atoms with van der Waals surface area (Å²) >= 11 is 0. The van der Waals surface area contributed by atoms with Crippen molar-refractivity contribution in [1.29, 1.82) is 0 Å². The van der Waals surface area contributed by atoms with Crippen LogP contribution in [0.15, 0.2) is 23.1 Å². The SMILES string of the molecule is Cc1cccc(S(=O)(=O)CCC(=O)[O-])c1C. The third kappa shape index (κ3) is 2.82. The zero-order valence-electron chi connectivity index (χ0n) is 9.19. The highest BCUT2D eigenvalue weighted by atomic mass is 32.2. The molecule has 0 spiro atoms. The van der Waals surface area contributed by atoms with Gasteiger partial charge < -0.3 is 9.90 Å². The largest absolute Gasteiger partial charge is 0.550 e. The van der Waals surface area contributed by atoms with Gasteiger partial charge in [0.1, 0.15) is 0 Å². The first-order valence-electron chi connectivity index (χ1n) is 4.83. The number of rotatable bonds is 4. The molecule has 88 valence electrons. The van der Waals surface area contributed by atoms with Crippen molar-refractivity contribution >= 4 is 15.8 Å². The molecule has 1 aromatic rings. The van der Waals surface area contributed by atoms with Crippen LogP contribution >= 0.6 is 0 Å². The molecule has 0 aliphatic rings. The quantitative estimate of drug-likeness (QED) is 0.755. The van der Waals surface area contributed by atoms with Crippen molar-refractivity contribution in [1.82, 2.24) is 0 Å². The molecule has 0 heterocycles. The molecule has 0 bridgehead atoms. The van der Waals surface area contributed by atoms with Gasteiger partial charge in [-0.2, -0.15) is 0 Å². The van der Waals surface area contributed by atoms with Crippen molar-refractivity contribution in [2.45, 2.75) is 25.2 Å². The number of benzene rings is 1. The molecule has 0 aliphatic carbocycles. The Bertz CT molecular complexity index is 503. The van der Waals surface area contributed by atoms with Gasteiger partial charge in [0, 0.05) is 12.4 Å². The minimum absolute atomic E-state index is 0.203. The molecule has 1 aromatic carbocycles. The summed E-state index contributed by atoms with van der Waals surface area (Å²) in [5.41, 5.74) is 1.54. The number of aryl methyl sites for hydroxylation is 1. The molecular weight excluding hydrogens is 228 g/mol. The first-order valence-corrected chi connectivity index (χ1v) is 6.48. The van der Waals surface area contributed by atoms with Gasteiger partial charge in [0.05, 0.1) is 10.6 Å². The van der Waals surface area contributed by atoms with Crippen LogP contribution in [0.3, 0.4) is 0 Å². The normalized spacial score (nSPS) is 11.4. The Labute approximate surface area is 94.8 Å². The second-order valence-electron chi connectivity index (χ2n) is 3.64. The van der Waals surface area contributed by atoms with Crippen LogP contribution in [-0.2, 0) is 14.6 Å². The Morgan fingerprint density at radius 1 is 1.31 bits per heavy atom. The van der Waals surface area contributed by atoms with Gasteiger partial charge in [0.2, 0.25) is 0 Å². The third-order valence-electron chi connectivity index (χ3n) is 2.46. The Kier molecular flexibility index (Phi) is 3.70. The maximum absolute atomic E-state index is 11.8.